The molecule has 1 aromatic carbocycles. The maximum atomic E-state index is 12.6. The fraction of sp³-hybridized carbons (Fsp3) is 0.450. The Morgan fingerprint density at radius 1 is 1.04 bits per heavy atom. The number of benzene rings is 1. The zero-order chi connectivity index (χ0) is 18.7. The molecule has 1 aromatic heterocycles. The average molecular weight is 342 g/mol. The van der Waals surface area contributed by atoms with Crippen molar-refractivity contribution in [1.29, 1.82) is 0 Å². The van der Waals surface area contributed by atoms with Gasteiger partial charge < -0.3 is 4.74 Å². The van der Waals surface area contributed by atoms with Gasteiger partial charge in [0.15, 0.2) is 6.10 Å². The molecule has 1 heterocycles. The Hall–Kier alpha value is -2.43. The topological polar surface area (TPSA) is 61.2 Å². The van der Waals surface area contributed by atoms with Crippen molar-refractivity contribution in [3.8, 4) is 0 Å². The molecule has 2 rings (SSSR count). The summed E-state index contributed by atoms with van der Waals surface area (Å²) in [6.45, 7) is 11.8. The molecule has 0 fully saturated rings. The summed E-state index contributed by atoms with van der Waals surface area (Å²) >= 11 is 0. The first-order valence-corrected chi connectivity index (χ1v) is 8.51. The number of ketones is 1. The van der Waals surface area contributed by atoms with Gasteiger partial charge in [-0.25, -0.2) is 0 Å². The number of esters is 1. The highest BCUT2D eigenvalue weighted by atomic mass is 16.5. The first-order chi connectivity index (χ1) is 11.7. The molecule has 5 nitrogen and oxygen atoms in total. The molecule has 0 N–H and O–H groups in total. The van der Waals surface area contributed by atoms with Crippen LogP contribution >= 0.6 is 0 Å². The first-order valence-electron chi connectivity index (χ1n) is 8.51. The van der Waals surface area contributed by atoms with Crippen molar-refractivity contribution in [2.75, 3.05) is 0 Å². The van der Waals surface area contributed by atoms with E-state index >= 15 is 0 Å². The lowest BCUT2D eigenvalue weighted by atomic mass is 9.96. The van der Waals surface area contributed by atoms with Gasteiger partial charge in [0.1, 0.15) is 0 Å². The average Bonchev–Trinajstić information content (AvgIpc) is 2.85. The second-order valence-electron chi connectivity index (χ2n) is 6.65. The highest BCUT2D eigenvalue weighted by Crippen LogP contribution is 2.18. The predicted molar refractivity (Wildman–Crippen MR) is 96.9 cm³/mol. The number of ether oxygens (including phenoxy) is 1. The van der Waals surface area contributed by atoms with E-state index in [1.165, 1.54) is 0 Å². The van der Waals surface area contributed by atoms with Crippen LogP contribution in [0.1, 0.15) is 51.8 Å². The van der Waals surface area contributed by atoms with Crippen LogP contribution in [-0.2, 0) is 16.1 Å². The van der Waals surface area contributed by atoms with E-state index in [4.69, 9.17) is 4.74 Å². The van der Waals surface area contributed by atoms with Crippen molar-refractivity contribution in [3.05, 3.63) is 51.8 Å². The Kier molecular flexibility index (Phi) is 5.77. The molecular weight excluding hydrogens is 316 g/mol. The molecule has 5 heteroatoms. The largest absolute Gasteiger partial charge is 0.454 e. The number of carbonyl (C=O) groups is 2. The molecule has 0 aliphatic heterocycles. The molecular formula is C20H26N2O3. The van der Waals surface area contributed by atoms with Gasteiger partial charge in [0.05, 0.1) is 18.7 Å². The first kappa shape index (κ1) is 18.9. The number of aryl methyl sites for hydroxylation is 6. The quantitative estimate of drug-likeness (QED) is 0.594. The molecule has 2 aromatic rings. The van der Waals surface area contributed by atoms with Crippen molar-refractivity contribution in [3.63, 3.8) is 0 Å². The minimum Gasteiger partial charge on any atom is -0.454 e. The van der Waals surface area contributed by atoms with Gasteiger partial charge >= 0.3 is 5.97 Å². The zero-order valence-corrected chi connectivity index (χ0v) is 15.8. The number of nitrogens with zero attached hydrogens (tertiary/aromatic N) is 2. The van der Waals surface area contributed by atoms with Gasteiger partial charge in [0.25, 0.3) is 0 Å². The number of Topliss-reactive ketones (excluding diaryl/α,β-unsaturated/α-hetero) is 1. The fourth-order valence-electron chi connectivity index (χ4n) is 2.85. The standard InChI is InChI=1S/C20H26N2O3/c1-12-9-14(3)18(10-13(12)2)20(24)17(6)25-19(23)7-8-22-16(5)11-15(4)21-22/h9-11,17H,7-8H2,1-6H3. The van der Waals surface area contributed by atoms with E-state index in [2.05, 4.69) is 5.10 Å². The molecule has 0 bridgehead atoms. The Morgan fingerprint density at radius 3 is 2.28 bits per heavy atom. The molecule has 0 saturated heterocycles. The summed E-state index contributed by atoms with van der Waals surface area (Å²) in [5.74, 6) is -0.560. The van der Waals surface area contributed by atoms with E-state index < -0.39 is 12.1 Å². The highest BCUT2D eigenvalue weighted by molar-refractivity contribution is 6.01. The second kappa shape index (κ2) is 7.64. The summed E-state index contributed by atoms with van der Waals surface area (Å²) in [5, 5.41) is 4.32. The van der Waals surface area contributed by atoms with Crippen molar-refractivity contribution in [2.45, 2.75) is 60.6 Å². The summed E-state index contributed by atoms with van der Waals surface area (Å²) in [7, 11) is 0. The van der Waals surface area contributed by atoms with Crippen LogP contribution in [0.4, 0.5) is 0 Å². The summed E-state index contributed by atoms with van der Waals surface area (Å²) in [6.07, 6.45) is -0.611. The smallest absolute Gasteiger partial charge is 0.308 e. The lowest BCUT2D eigenvalue weighted by molar-refractivity contribution is -0.146. The minimum absolute atomic E-state index is 0.167. The molecule has 0 aliphatic carbocycles. The van der Waals surface area contributed by atoms with Crippen LogP contribution in [0.25, 0.3) is 0 Å². The maximum absolute atomic E-state index is 12.6. The van der Waals surface area contributed by atoms with Gasteiger partial charge in [-0.15, -0.1) is 0 Å². The lowest BCUT2D eigenvalue weighted by Gasteiger charge is -2.15. The Labute approximate surface area is 149 Å². The van der Waals surface area contributed by atoms with Crippen LogP contribution in [0.15, 0.2) is 18.2 Å². The summed E-state index contributed by atoms with van der Waals surface area (Å²) in [5.41, 5.74) is 5.63. The minimum atomic E-state index is -0.797. The van der Waals surface area contributed by atoms with Gasteiger partial charge in [-0.1, -0.05) is 6.07 Å². The molecule has 1 atom stereocenters. The molecule has 0 spiro atoms. The van der Waals surface area contributed by atoms with Crippen molar-refractivity contribution in [1.82, 2.24) is 9.78 Å². The van der Waals surface area contributed by atoms with E-state index in [1.54, 1.807) is 11.6 Å². The fourth-order valence-corrected chi connectivity index (χ4v) is 2.85. The van der Waals surface area contributed by atoms with Gasteiger partial charge in [-0.05, 0) is 70.4 Å². The van der Waals surface area contributed by atoms with Crippen molar-refractivity contribution < 1.29 is 14.3 Å². The third-order valence-corrected chi connectivity index (χ3v) is 4.41. The summed E-state index contributed by atoms with van der Waals surface area (Å²) in [4.78, 5) is 24.7. The normalized spacial score (nSPS) is 12.1. The summed E-state index contributed by atoms with van der Waals surface area (Å²) in [6, 6.07) is 5.81. The Balaban J connectivity index is 1.97. The van der Waals surface area contributed by atoms with Crippen LogP contribution in [-0.4, -0.2) is 27.6 Å². The number of aromatic nitrogens is 2. The number of carbonyl (C=O) groups excluding carboxylic acids is 2. The van der Waals surface area contributed by atoms with Crippen molar-refractivity contribution >= 4 is 11.8 Å². The van der Waals surface area contributed by atoms with E-state index in [1.807, 2.05) is 52.8 Å². The second-order valence-corrected chi connectivity index (χ2v) is 6.65. The van der Waals surface area contributed by atoms with Crippen LogP contribution in [0, 0.1) is 34.6 Å². The maximum Gasteiger partial charge on any atom is 0.308 e. The Morgan fingerprint density at radius 2 is 1.68 bits per heavy atom. The SMILES string of the molecule is Cc1cc(C)n(CCC(=O)OC(C)C(=O)c2cc(C)c(C)cc2C)n1. The zero-order valence-electron chi connectivity index (χ0n) is 15.8. The van der Waals surface area contributed by atoms with Gasteiger partial charge in [0.2, 0.25) is 5.78 Å². The number of hydrogen-bond donors (Lipinski definition) is 0. The van der Waals surface area contributed by atoms with E-state index in [0.717, 1.165) is 28.1 Å². The molecule has 0 saturated carbocycles. The number of rotatable bonds is 6. The summed E-state index contributed by atoms with van der Waals surface area (Å²) < 4.78 is 7.10. The third kappa shape index (κ3) is 4.56. The van der Waals surface area contributed by atoms with E-state index in [9.17, 15) is 9.59 Å². The molecule has 25 heavy (non-hydrogen) atoms. The van der Waals surface area contributed by atoms with Crippen molar-refractivity contribution in [2.24, 2.45) is 0 Å². The number of hydrogen-bond acceptors (Lipinski definition) is 4. The predicted octanol–water partition coefficient (Wildman–Crippen LogP) is 3.63. The van der Waals surface area contributed by atoms with Gasteiger partial charge in [0, 0.05) is 11.3 Å². The molecule has 0 radical (unpaired) electrons. The van der Waals surface area contributed by atoms with Crippen LogP contribution in [0.3, 0.4) is 0 Å². The third-order valence-electron chi connectivity index (χ3n) is 4.41. The van der Waals surface area contributed by atoms with Gasteiger partial charge in [-0.2, -0.15) is 5.10 Å². The Bertz CT molecular complexity index is 806. The molecule has 1 unspecified atom stereocenters. The van der Waals surface area contributed by atoms with Crippen LogP contribution in [0.5, 0.6) is 0 Å². The van der Waals surface area contributed by atoms with Crippen LogP contribution in [0.2, 0.25) is 0 Å². The van der Waals surface area contributed by atoms with E-state index in [-0.39, 0.29) is 12.2 Å². The molecule has 0 aliphatic rings. The monoisotopic (exact) mass is 342 g/mol. The molecule has 0 amide bonds. The highest BCUT2D eigenvalue weighted by Gasteiger charge is 2.21. The lowest BCUT2D eigenvalue weighted by Crippen LogP contribution is -2.26. The van der Waals surface area contributed by atoms with Crippen LogP contribution < -0.4 is 0 Å². The van der Waals surface area contributed by atoms with Gasteiger partial charge in [-0.3, -0.25) is 14.3 Å². The van der Waals surface area contributed by atoms with E-state index in [0.29, 0.717) is 12.1 Å². The molecule has 134 valence electrons.